The Morgan fingerprint density at radius 1 is 1.26 bits per heavy atom. The molecule has 0 spiro atoms. The zero-order chi connectivity index (χ0) is 13.4. The standard InChI is InChI=1S/C14H13N3OS/c1-8-6-10(15)7-11(9(8)2)14-16-13(17-18-14)12-4-3-5-19-12/h3-7H,15H2,1-2H3. The molecule has 0 fully saturated rings. The van der Waals surface area contributed by atoms with Gasteiger partial charge in [-0.2, -0.15) is 4.98 Å². The first-order valence-corrected chi connectivity index (χ1v) is 6.78. The Bertz CT molecular complexity index is 716. The molecule has 4 nitrogen and oxygen atoms in total. The molecule has 0 amide bonds. The fourth-order valence-electron chi connectivity index (χ4n) is 1.95. The molecule has 0 aliphatic rings. The average molecular weight is 271 g/mol. The van der Waals surface area contributed by atoms with Crippen LogP contribution in [0.15, 0.2) is 34.2 Å². The third-order valence-electron chi connectivity index (χ3n) is 3.09. The van der Waals surface area contributed by atoms with Crippen molar-refractivity contribution in [2.45, 2.75) is 13.8 Å². The van der Waals surface area contributed by atoms with Gasteiger partial charge in [-0.3, -0.25) is 0 Å². The zero-order valence-corrected chi connectivity index (χ0v) is 11.5. The second kappa shape index (κ2) is 4.51. The van der Waals surface area contributed by atoms with E-state index in [4.69, 9.17) is 10.3 Å². The molecular weight excluding hydrogens is 258 g/mol. The molecule has 0 saturated heterocycles. The van der Waals surface area contributed by atoms with Crippen molar-refractivity contribution in [1.29, 1.82) is 0 Å². The van der Waals surface area contributed by atoms with Gasteiger partial charge in [0.25, 0.3) is 5.89 Å². The number of thiophene rings is 1. The highest BCUT2D eigenvalue weighted by Gasteiger charge is 2.14. The lowest BCUT2D eigenvalue weighted by Crippen LogP contribution is -1.92. The minimum atomic E-state index is 0.510. The predicted molar refractivity (Wildman–Crippen MR) is 76.9 cm³/mol. The molecule has 0 saturated carbocycles. The van der Waals surface area contributed by atoms with E-state index in [0.717, 1.165) is 21.6 Å². The first kappa shape index (κ1) is 11.9. The number of aryl methyl sites for hydroxylation is 1. The Labute approximate surface area is 114 Å². The predicted octanol–water partition coefficient (Wildman–Crippen LogP) is 3.66. The maximum Gasteiger partial charge on any atom is 0.258 e. The van der Waals surface area contributed by atoms with Gasteiger partial charge in [-0.1, -0.05) is 11.2 Å². The van der Waals surface area contributed by atoms with E-state index in [1.807, 2.05) is 43.5 Å². The van der Waals surface area contributed by atoms with E-state index in [2.05, 4.69) is 10.1 Å². The van der Waals surface area contributed by atoms with Crippen LogP contribution in [0.2, 0.25) is 0 Å². The number of rotatable bonds is 2. The Hall–Kier alpha value is -2.14. The molecule has 0 aliphatic carbocycles. The van der Waals surface area contributed by atoms with Crippen LogP contribution in [0, 0.1) is 13.8 Å². The fourth-order valence-corrected chi connectivity index (χ4v) is 2.60. The van der Waals surface area contributed by atoms with E-state index in [9.17, 15) is 0 Å². The van der Waals surface area contributed by atoms with Crippen LogP contribution >= 0.6 is 11.3 Å². The largest absolute Gasteiger partial charge is 0.399 e. The first-order valence-electron chi connectivity index (χ1n) is 5.90. The van der Waals surface area contributed by atoms with Crippen molar-refractivity contribution < 1.29 is 4.52 Å². The van der Waals surface area contributed by atoms with Crippen LogP contribution in [-0.2, 0) is 0 Å². The molecule has 19 heavy (non-hydrogen) atoms. The molecule has 0 atom stereocenters. The van der Waals surface area contributed by atoms with Crippen molar-refractivity contribution in [3.05, 3.63) is 40.8 Å². The highest BCUT2D eigenvalue weighted by molar-refractivity contribution is 7.13. The summed E-state index contributed by atoms with van der Waals surface area (Å²) in [6.45, 7) is 4.05. The van der Waals surface area contributed by atoms with E-state index in [-0.39, 0.29) is 0 Å². The van der Waals surface area contributed by atoms with Gasteiger partial charge in [0.05, 0.1) is 4.88 Å². The first-order chi connectivity index (χ1) is 9.15. The van der Waals surface area contributed by atoms with Crippen molar-refractivity contribution >= 4 is 17.0 Å². The van der Waals surface area contributed by atoms with E-state index >= 15 is 0 Å². The Kier molecular flexibility index (Phi) is 2.83. The summed E-state index contributed by atoms with van der Waals surface area (Å²) in [7, 11) is 0. The lowest BCUT2D eigenvalue weighted by molar-refractivity contribution is 0.432. The highest BCUT2D eigenvalue weighted by atomic mass is 32.1. The molecule has 0 radical (unpaired) electrons. The Balaban J connectivity index is 2.09. The van der Waals surface area contributed by atoms with Crippen LogP contribution in [0.5, 0.6) is 0 Å². The minimum absolute atomic E-state index is 0.510. The normalized spacial score (nSPS) is 10.8. The minimum Gasteiger partial charge on any atom is -0.399 e. The van der Waals surface area contributed by atoms with Gasteiger partial charge in [0.1, 0.15) is 0 Å². The summed E-state index contributed by atoms with van der Waals surface area (Å²) in [5.74, 6) is 1.13. The van der Waals surface area contributed by atoms with Gasteiger partial charge in [0.15, 0.2) is 0 Å². The molecular formula is C14H13N3OS. The summed E-state index contributed by atoms with van der Waals surface area (Å²) >= 11 is 1.59. The Morgan fingerprint density at radius 3 is 2.84 bits per heavy atom. The van der Waals surface area contributed by atoms with Gasteiger partial charge in [-0.25, -0.2) is 0 Å². The maximum absolute atomic E-state index is 5.88. The van der Waals surface area contributed by atoms with Crippen molar-refractivity contribution in [2.24, 2.45) is 0 Å². The van der Waals surface area contributed by atoms with Crippen LogP contribution in [0.3, 0.4) is 0 Å². The molecule has 2 aromatic heterocycles. The molecule has 1 aromatic carbocycles. The lowest BCUT2D eigenvalue weighted by Gasteiger charge is -2.06. The maximum atomic E-state index is 5.88. The van der Waals surface area contributed by atoms with Crippen molar-refractivity contribution in [1.82, 2.24) is 10.1 Å². The van der Waals surface area contributed by atoms with Crippen molar-refractivity contribution in [3.63, 3.8) is 0 Å². The van der Waals surface area contributed by atoms with Crippen LogP contribution in [0.4, 0.5) is 5.69 Å². The molecule has 3 aromatic rings. The molecule has 2 N–H and O–H groups in total. The summed E-state index contributed by atoms with van der Waals surface area (Å²) < 4.78 is 5.36. The summed E-state index contributed by atoms with van der Waals surface area (Å²) in [6, 6.07) is 7.74. The molecule has 3 rings (SSSR count). The number of benzene rings is 1. The molecule has 5 heteroatoms. The summed E-state index contributed by atoms with van der Waals surface area (Å²) in [5, 5.41) is 6.01. The SMILES string of the molecule is Cc1cc(N)cc(-c2nc(-c3cccs3)no2)c1C. The number of nitrogens with zero attached hydrogens (tertiary/aromatic N) is 2. The summed E-state index contributed by atoms with van der Waals surface area (Å²) in [6.07, 6.45) is 0. The number of aromatic nitrogens is 2. The second-order valence-electron chi connectivity index (χ2n) is 4.41. The second-order valence-corrected chi connectivity index (χ2v) is 5.36. The summed E-state index contributed by atoms with van der Waals surface area (Å²) in [5.41, 5.74) is 9.70. The molecule has 2 heterocycles. The lowest BCUT2D eigenvalue weighted by atomic mass is 10.0. The van der Waals surface area contributed by atoms with Gasteiger partial charge in [0, 0.05) is 11.3 Å². The Morgan fingerprint density at radius 2 is 2.11 bits per heavy atom. The fraction of sp³-hybridized carbons (Fsp3) is 0.143. The van der Waals surface area contributed by atoms with Crippen molar-refractivity contribution in [2.75, 3.05) is 5.73 Å². The highest BCUT2D eigenvalue weighted by Crippen LogP contribution is 2.29. The number of anilines is 1. The van der Waals surface area contributed by atoms with Crippen molar-refractivity contribution in [3.8, 4) is 22.2 Å². The van der Waals surface area contributed by atoms with Crippen LogP contribution in [0.25, 0.3) is 22.2 Å². The third kappa shape index (κ3) is 2.13. The number of nitrogens with two attached hydrogens (primary N) is 1. The van der Waals surface area contributed by atoms with Gasteiger partial charge in [0.2, 0.25) is 5.82 Å². The van der Waals surface area contributed by atoms with Crippen LogP contribution in [0.1, 0.15) is 11.1 Å². The molecule has 96 valence electrons. The zero-order valence-electron chi connectivity index (χ0n) is 10.7. The summed E-state index contributed by atoms with van der Waals surface area (Å²) in [4.78, 5) is 5.44. The molecule has 0 unspecified atom stereocenters. The average Bonchev–Trinajstić information content (AvgIpc) is 3.03. The van der Waals surface area contributed by atoms with E-state index in [1.165, 1.54) is 0 Å². The van der Waals surface area contributed by atoms with E-state index in [0.29, 0.717) is 17.4 Å². The van der Waals surface area contributed by atoms with Crippen LogP contribution < -0.4 is 5.73 Å². The van der Waals surface area contributed by atoms with Gasteiger partial charge >= 0.3 is 0 Å². The van der Waals surface area contributed by atoms with Gasteiger partial charge in [-0.15, -0.1) is 11.3 Å². The third-order valence-corrected chi connectivity index (χ3v) is 3.95. The van der Waals surface area contributed by atoms with Crippen LogP contribution in [-0.4, -0.2) is 10.1 Å². The number of hydrogen-bond donors (Lipinski definition) is 1. The van der Waals surface area contributed by atoms with Gasteiger partial charge < -0.3 is 10.3 Å². The van der Waals surface area contributed by atoms with Gasteiger partial charge in [-0.05, 0) is 48.6 Å². The number of hydrogen-bond acceptors (Lipinski definition) is 5. The molecule has 0 bridgehead atoms. The topological polar surface area (TPSA) is 64.9 Å². The number of nitrogen functional groups attached to an aromatic ring is 1. The smallest absolute Gasteiger partial charge is 0.258 e. The molecule has 0 aliphatic heterocycles. The quantitative estimate of drug-likeness (QED) is 0.722. The monoisotopic (exact) mass is 271 g/mol. The van der Waals surface area contributed by atoms with E-state index in [1.54, 1.807) is 11.3 Å². The van der Waals surface area contributed by atoms with E-state index < -0.39 is 0 Å².